The highest BCUT2D eigenvalue weighted by molar-refractivity contribution is 7.90. The van der Waals surface area contributed by atoms with Gasteiger partial charge in [-0.3, -0.25) is 30.2 Å². The summed E-state index contributed by atoms with van der Waals surface area (Å²) in [6, 6.07) is 8.30. The predicted octanol–water partition coefficient (Wildman–Crippen LogP) is 1.51. The average Bonchev–Trinajstić information content (AvgIpc) is 3.17. The summed E-state index contributed by atoms with van der Waals surface area (Å²) in [5.41, 5.74) is 6.27. The molecule has 0 saturated carbocycles. The molecule has 2 heterocycles. The number of aryl methyl sites for hydroxylation is 2. The minimum Gasteiger partial charge on any atom is -0.273 e. The van der Waals surface area contributed by atoms with Gasteiger partial charge in [-0.05, 0) is 37.1 Å². The summed E-state index contributed by atoms with van der Waals surface area (Å²) in [6.45, 7) is 4.04. The van der Waals surface area contributed by atoms with E-state index >= 15 is 0 Å². The molecule has 8 nitrogen and oxygen atoms in total. The van der Waals surface area contributed by atoms with Crippen LogP contribution >= 0.6 is 11.3 Å². The van der Waals surface area contributed by atoms with Crippen molar-refractivity contribution in [3.05, 3.63) is 51.2 Å². The Morgan fingerprint density at radius 3 is 2.68 bits per heavy atom. The third-order valence-corrected chi connectivity index (χ3v) is 6.93. The molecule has 0 atom stereocenters. The fourth-order valence-electron chi connectivity index (χ4n) is 2.75. The van der Waals surface area contributed by atoms with Gasteiger partial charge in [-0.2, -0.15) is 0 Å². The number of carbonyl (C=O) groups excluding carboxylic acids is 2. The first-order valence-electron chi connectivity index (χ1n) is 8.67. The van der Waals surface area contributed by atoms with Crippen molar-refractivity contribution in [1.29, 1.82) is 0 Å². The van der Waals surface area contributed by atoms with E-state index in [0.29, 0.717) is 10.4 Å². The van der Waals surface area contributed by atoms with E-state index < -0.39 is 15.9 Å². The maximum Gasteiger partial charge on any atom is 0.279 e. The summed E-state index contributed by atoms with van der Waals surface area (Å²) in [5, 5.41) is 0. The number of hydrogen-bond acceptors (Lipinski definition) is 6. The molecular formula is C18H20N4O4S2. The van der Waals surface area contributed by atoms with Crippen LogP contribution in [-0.2, 0) is 21.2 Å². The van der Waals surface area contributed by atoms with Crippen molar-refractivity contribution in [2.45, 2.75) is 31.6 Å². The fourth-order valence-corrected chi connectivity index (χ4v) is 5.01. The van der Waals surface area contributed by atoms with Gasteiger partial charge in [0.25, 0.3) is 15.9 Å². The Kier molecular flexibility index (Phi) is 5.80. The van der Waals surface area contributed by atoms with Crippen LogP contribution in [0.4, 0.5) is 0 Å². The minimum absolute atomic E-state index is 0.00263. The van der Waals surface area contributed by atoms with Crippen LogP contribution in [0.3, 0.4) is 0 Å². The van der Waals surface area contributed by atoms with Gasteiger partial charge in [0.05, 0.1) is 16.3 Å². The molecule has 1 aromatic carbocycles. The summed E-state index contributed by atoms with van der Waals surface area (Å²) in [4.78, 5) is 30.0. The molecule has 2 aromatic rings. The number of amidine groups is 1. The summed E-state index contributed by atoms with van der Waals surface area (Å²) < 4.78 is 26.4. The molecule has 3 N–H and O–H groups in total. The van der Waals surface area contributed by atoms with Gasteiger partial charge in [0.2, 0.25) is 5.91 Å². The van der Waals surface area contributed by atoms with E-state index in [1.165, 1.54) is 17.4 Å². The molecule has 0 spiro atoms. The second-order valence-electron chi connectivity index (χ2n) is 6.15. The van der Waals surface area contributed by atoms with Crippen molar-refractivity contribution in [2.75, 3.05) is 6.54 Å². The molecular weight excluding hydrogens is 400 g/mol. The maximum absolute atomic E-state index is 12.1. The van der Waals surface area contributed by atoms with Gasteiger partial charge in [-0.25, -0.2) is 8.42 Å². The van der Waals surface area contributed by atoms with E-state index in [1.807, 2.05) is 13.8 Å². The lowest BCUT2D eigenvalue weighted by atomic mass is 10.2. The number of sulfonamides is 1. The number of nitrogens with zero attached hydrogens (tertiary/aromatic N) is 1. The molecule has 28 heavy (non-hydrogen) atoms. The van der Waals surface area contributed by atoms with Crippen LogP contribution in [0.2, 0.25) is 0 Å². The number of thiophene rings is 1. The minimum atomic E-state index is -3.60. The quantitative estimate of drug-likeness (QED) is 0.636. The van der Waals surface area contributed by atoms with Crippen LogP contribution in [0.15, 0.2) is 40.2 Å². The van der Waals surface area contributed by atoms with Gasteiger partial charge in [-0.1, -0.05) is 19.1 Å². The Bertz CT molecular complexity index is 1060. The van der Waals surface area contributed by atoms with Crippen molar-refractivity contribution in [3.63, 3.8) is 0 Å². The predicted molar refractivity (Wildman–Crippen MR) is 107 cm³/mol. The SMILES string of the molecule is CCc1sc(C(=O)NNC(=O)CCN=C2NS(=O)(=O)c3ccccc32)cc1C. The van der Waals surface area contributed by atoms with E-state index in [4.69, 9.17) is 0 Å². The highest BCUT2D eigenvalue weighted by Crippen LogP contribution is 2.23. The number of hydrogen-bond donors (Lipinski definition) is 3. The maximum atomic E-state index is 12.1. The van der Waals surface area contributed by atoms with Gasteiger partial charge >= 0.3 is 0 Å². The normalized spacial score (nSPS) is 15.7. The molecule has 148 valence electrons. The number of nitrogens with one attached hydrogen (secondary N) is 3. The summed E-state index contributed by atoms with van der Waals surface area (Å²) >= 11 is 1.40. The number of aliphatic imine (C=N–C) groups is 1. The molecule has 0 unspecified atom stereocenters. The molecule has 0 saturated heterocycles. The van der Waals surface area contributed by atoms with E-state index in [1.54, 1.807) is 24.3 Å². The van der Waals surface area contributed by atoms with E-state index in [-0.39, 0.29) is 29.6 Å². The van der Waals surface area contributed by atoms with Crippen molar-refractivity contribution < 1.29 is 18.0 Å². The van der Waals surface area contributed by atoms with Crippen LogP contribution in [0.25, 0.3) is 0 Å². The van der Waals surface area contributed by atoms with Gasteiger partial charge in [0.15, 0.2) is 0 Å². The topological polar surface area (TPSA) is 117 Å². The zero-order valence-corrected chi connectivity index (χ0v) is 17.0. The lowest BCUT2D eigenvalue weighted by molar-refractivity contribution is -0.121. The molecule has 0 fully saturated rings. The molecule has 1 aliphatic heterocycles. The van der Waals surface area contributed by atoms with Crippen LogP contribution < -0.4 is 15.6 Å². The van der Waals surface area contributed by atoms with Crippen molar-refractivity contribution >= 4 is 39.0 Å². The lowest BCUT2D eigenvalue weighted by Gasteiger charge is -2.05. The Morgan fingerprint density at radius 2 is 1.96 bits per heavy atom. The fraction of sp³-hybridized carbons (Fsp3) is 0.278. The van der Waals surface area contributed by atoms with E-state index in [9.17, 15) is 18.0 Å². The van der Waals surface area contributed by atoms with E-state index in [2.05, 4.69) is 20.6 Å². The average molecular weight is 421 g/mol. The first kappa shape index (κ1) is 20.0. The Morgan fingerprint density at radius 1 is 1.21 bits per heavy atom. The van der Waals surface area contributed by atoms with Gasteiger partial charge in [-0.15, -0.1) is 11.3 Å². The van der Waals surface area contributed by atoms with Crippen LogP contribution in [0.1, 0.15) is 39.0 Å². The Balaban J connectivity index is 1.52. The first-order chi connectivity index (χ1) is 13.3. The zero-order chi connectivity index (χ0) is 20.3. The highest BCUT2D eigenvalue weighted by Gasteiger charge is 2.29. The van der Waals surface area contributed by atoms with Gasteiger partial charge in [0.1, 0.15) is 5.84 Å². The number of rotatable bonds is 5. The number of hydrazine groups is 1. The number of amides is 2. The second kappa shape index (κ2) is 8.11. The van der Waals surface area contributed by atoms with Crippen molar-refractivity contribution in [2.24, 2.45) is 4.99 Å². The summed E-state index contributed by atoms with van der Waals surface area (Å²) in [5.74, 6) is -0.575. The van der Waals surface area contributed by atoms with Gasteiger partial charge in [0, 0.05) is 16.9 Å². The van der Waals surface area contributed by atoms with Crippen LogP contribution in [0, 0.1) is 6.92 Å². The van der Waals surface area contributed by atoms with Crippen molar-refractivity contribution in [3.8, 4) is 0 Å². The molecule has 2 amide bonds. The molecule has 0 radical (unpaired) electrons. The van der Waals surface area contributed by atoms with Crippen molar-refractivity contribution in [1.82, 2.24) is 15.6 Å². The lowest BCUT2D eigenvalue weighted by Crippen LogP contribution is -2.41. The van der Waals surface area contributed by atoms with Gasteiger partial charge < -0.3 is 0 Å². The Labute approximate surface area is 167 Å². The molecule has 1 aromatic heterocycles. The Hall–Kier alpha value is -2.72. The van der Waals surface area contributed by atoms with Crippen LogP contribution in [0.5, 0.6) is 0 Å². The number of benzene rings is 1. The monoisotopic (exact) mass is 420 g/mol. The number of carbonyl (C=O) groups is 2. The molecule has 0 bridgehead atoms. The first-order valence-corrected chi connectivity index (χ1v) is 11.0. The largest absolute Gasteiger partial charge is 0.279 e. The smallest absolute Gasteiger partial charge is 0.273 e. The molecule has 10 heteroatoms. The molecule has 3 rings (SSSR count). The number of fused-ring (bicyclic) bond motifs is 1. The second-order valence-corrected chi connectivity index (χ2v) is 8.94. The third kappa shape index (κ3) is 4.23. The highest BCUT2D eigenvalue weighted by atomic mass is 32.2. The molecule has 1 aliphatic rings. The van der Waals surface area contributed by atoms with E-state index in [0.717, 1.165) is 16.9 Å². The standard InChI is InChI=1S/C18H20N4O4S2/c1-3-13-11(2)10-14(27-13)18(24)21-20-16(23)8-9-19-17-12-6-4-5-7-15(12)28(25,26)22-17/h4-7,10H,3,8-9H2,1-2H3,(H,19,22)(H,20,23)(H,21,24). The summed E-state index contributed by atoms with van der Waals surface area (Å²) in [7, 11) is -3.60. The zero-order valence-electron chi connectivity index (χ0n) is 15.4. The summed E-state index contributed by atoms with van der Waals surface area (Å²) in [6.07, 6.45) is 0.848. The van der Waals surface area contributed by atoms with Crippen LogP contribution in [-0.4, -0.2) is 32.6 Å². The third-order valence-electron chi connectivity index (χ3n) is 4.15. The molecule has 0 aliphatic carbocycles.